The molecule has 1 atom stereocenters. The molecular formula is C30H32N4O2. The highest BCUT2D eigenvalue weighted by molar-refractivity contribution is 5.94. The Hall–Kier alpha value is -3.84. The van der Waals surface area contributed by atoms with Gasteiger partial charge in [0, 0.05) is 52.7 Å². The minimum absolute atomic E-state index is 0.206. The Morgan fingerprint density at radius 1 is 1.11 bits per heavy atom. The average molecular weight is 481 g/mol. The molecule has 1 amide bonds. The Labute approximate surface area is 212 Å². The van der Waals surface area contributed by atoms with Gasteiger partial charge < -0.3 is 21.1 Å². The molecule has 0 aliphatic heterocycles. The predicted octanol–water partition coefficient (Wildman–Crippen LogP) is 3.41. The number of fused-ring (bicyclic) bond motifs is 1. The molecule has 0 spiro atoms. The second-order valence-electron chi connectivity index (χ2n) is 9.04. The minimum Gasteiger partial charge on any atom is -0.390 e. The van der Waals surface area contributed by atoms with Crippen molar-refractivity contribution in [2.75, 3.05) is 31.9 Å². The molecule has 1 unspecified atom stereocenters. The zero-order valence-corrected chi connectivity index (χ0v) is 20.8. The number of amides is 1. The molecule has 0 saturated heterocycles. The van der Waals surface area contributed by atoms with Crippen molar-refractivity contribution < 1.29 is 9.90 Å². The number of hydrogen-bond acceptors (Lipinski definition) is 5. The van der Waals surface area contributed by atoms with E-state index in [1.807, 2.05) is 32.0 Å². The Kier molecular flexibility index (Phi) is 8.23. The van der Waals surface area contributed by atoms with Gasteiger partial charge in [0.15, 0.2) is 0 Å². The van der Waals surface area contributed by atoms with Gasteiger partial charge in [0.2, 0.25) is 0 Å². The molecule has 4 N–H and O–H groups in total. The summed E-state index contributed by atoms with van der Waals surface area (Å²) in [5.41, 5.74) is 9.07. The number of nitrogen functional groups attached to an aromatic ring is 1. The quantitative estimate of drug-likeness (QED) is 0.451. The molecule has 1 fully saturated rings. The van der Waals surface area contributed by atoms with Gasteiger partial charge in [-0.05, 0) is 62.3 Å². The third-order valence-corrected chi connectivity index (χ3v) is 6.26. The Bertz CT molecular complexity index is 1350. The first-order valence-electron chi connectivity index (χ1n) is 12.5. The van der Waals surface area contributed by atoms with Crippen LogP contribution in [-0.2, 0) is 0 Å². The maximum atomic E-state index is 12.5. The summed E-state index contributed by atoms with van der Waals surface area (Å²) in [5.74, 6) is 13.5. The van der Waals surface area contributed by atoms with E-state index in [2.05, 4.69) is 38.9 Å². The molecule has 6 nitrogen and oxygen atoms in total. The van der Waals surface area contributed by atoms with Crippen LogP contribution in [0, 0.1) is 29.6 Å². The zero-order valence-electron chi connectivity index (χ0n) is 20.8. The van der Waals surface area contributed by atoms with Gasteiger partial charge >= 0.3 is 0 Å². The number of anilines is 1. The lowest BCUT2D eigenvalue weighted by molar-refractivity contribution is 0.0869. The molecule has 0 radical (unpaired) electrons. The second-order valence-corrected chi connectivity index (χ2v) is 9.04. The van der Waals surface area contributed by atoms with Crippen molar-refractivity contribution in [2.45, 2.75) is 32.8 Å². The summed E-state index contributed by atoms with van der Waals surface area (Å²) in [4.78, 5) is 18.9. The van der Waals surface area contributed by atoms with E-state index >= 15 is 0 Å². The number of carbonyl (C=O) groups is 1. The molecule has 1 aliphatic rings. The fourth-order valence-electron chi connectivity index (χ4n) is 3.85. The number of aliphatic hydroxyl groups excluding tert-OH is 1. The number of benzene rings is 2. The number of aromatic nitrogens is 1. The van der Waals surface area contributed by atoms with Crippen molar-refractivity contribution in [2.24, 2.45) is 5.92 Å². The van der Waals surface area contributed by atoms with Crippen molar-refractivity contribution in [3.8, 4) is 23.7 Å². The summed E-state index contributed by atoms with van der Waals surface area (Å²) in [6, 6.07) is 13.1. The fourth-order valence-corrected chi connectivity index (χ4v) is 3.85. The third-order valence-electron chi connectivity index (χ3n) is 6.26. The predicted molar refractivity (Wildman–Crippen MR) is 144 cm³/mol. The SMILES string of the molecule is CCN(CC)CC(O)CNC(=O)c1ccc(C#Cc2c(N)ncc3ccc(C#CC4CC4)cc23)cc1. The van der Waals surface area contributed by atoms with E-state index in [-0.39, 0.29) is 12.5 Å². The Morgan fingerprint density at radius 3 is 2.53 bits per heavy atom. The van der Waals surface area contributed by atoms with Crippen LogP contribution in [0.1, 0.15) is 53.7 Å². The Morgan fingerprint density at radius 2 is 1.83 bits per heavy atom. The fraction of sp³-hybridized carbons (Fsp3) is 0.333. The zero-order chi connectivity index (χ0) is 25.5. The van der Waals surface area contributed by atoms with Gasteiger partial charge in [0.1, 0.15) is 5.82 Å². The maximum absolute atomic E-state index is 12.5. The number of rotatable bonds is 7. The summed E-state index contributed by atoms with van der Waals surface area (Å²) in [7, 11) is 0. The van der Waals surface area contributed by atoms with Crippen molar-refractivity contribution >= 4 is 22.5 Å². The summed E-state index contributed by atoms with van der Waals surface area (Å²) in [6.45, 7) is 6.55. The number of pyridine rings is 1. The van der Waals surface area contributed by atoms with Crippen LogP contribution in [-0.4, -0.2) is 53.2 Å². The van der Waals surface area contributed by atoms with Gasteiger partial charge in [-0.1, -0.05) is 43.6 Å². The van der Waals surface area contributed by atoms with E-state index in [0.29, 0.717) is 29.4 Å². The first-order chi connectivity index (χ1) is 17.5. The third kappa shape index (κ3) is 6.64. The van der Waals surface area contributed by atoms with Gasteiger partial charge in [0.25, 0.3) is 5.91 Å². The van der Waals surface area contributed by atoms with Gasteiger partial charge in [-0.25, -0.2) is 4.98 Å². The standard InChI is InChI=1S/C30H32N4O2/c1-3-34(4-2)20-26(35)19-33-30(36)24-13-9-22(10-14-24)12-16-27-28-17-23(8-7-21-5-6-21)11-15-25(28)18-32-29(27)31/h9-11,13-15,17-18,21,26,35H,3-6,19-20H2,1-2H3,(H2,31,32)(H,33,36). The van der Waals surface area contributed by atoms with E-state index in [1.54, 1.807) is 30.5 Å². The van der Waals surface area contributed by atoms with Crippen molar-refractivity contribution in [3.05, 3.63) is 70.9 Å². The first kappa shape index (κ1) is 25.3. The van der Waals surface area contributed by atoms with Crippen LogP contribution in [0.2, 0.25) is 0 Å². The van der Waals surface area contributed by atoms with Gasteiger partial charge in [0.05, 0.1) is 11.7 Å². The molecule has 6 heteroatoms. The molecule has 1 aliphatic carbocycles. The molecule has 184 valence electrons. The normalized spacial score (nSPS) is 13.4. The molecule has 0 bridgehead atoms. The molecular weight excluding hydrogens is 448 g/mol. The lowest BCUT2D eigenvalue weighted by atomic mass is 10.0. The van der Waals surface area contributed by atoms with Crippen LogP contribution in [0.4, 0.5) is 5.82 Å². The highest BCUT2D eigenvalue weighted by atomic mass is 16.3. The summed E-state index contributed by atoms with van der Waals surface area (Å²) >= 11 is 0. The monoisotopic (exact) mass is 480 g/mol. The van der Waals surface area contributed by atoms with E-state index in [9.17, 15) is 9.90 Å². The van der Waals surface area contributed by atoms with E-state index in [4.69, 9.17) is 5.73 Å². The molecule has 1 aromatic heterocycles. The van der Waals surface area contributed by atoms with Crippen molar-refractivity contribution in [1.82, 2.24) is 15.2 Å². The lowest BCUT2D eigenvalue weighted by Crippen LogP contribution is -2.40. The van der Waals surface area contributed by atoms with Crippen LogP contribution in [0.25, 0.3) is 10.8 Å². The maximum Gasteiger partial charge on any atom is 0.251 e. The molecule has 3 aromatic rings. The lowest BCUT2D eigenvalue weighted by Gasteiger charge is -2.22. The van der Waals surface area contributed by atoms with Gasteiger partial charge in [-0.15, -0.1) is 0 Å². The average Bonchev–Trinajstić information content (AvgIpc) is 3.73. The van der Waals surface area contributed by atoms with Crippen LogP contribution in [0.15, 0.2) is 48.7 Å². The van der Waals surface area contributed by atoms with E-state index in [0.717, 1.165) is 35.0 Å². The molecule has 2 aromatic carbocycles. The van der Waals surface area contributed by atoms with Crippen LogP contribution >= 0.6 is 0 Å². The molecule has 1 saturated carbocycles. The van der Waals surface area contributed by atoms with Gasteiger partial charge in [-0.3, -0.25) is 4.79 Å². The number of nitrogens with two attached hydrogens (primary N) is 1. The van der Waals surface area contributed by atoms with Crippen LogP contribution in [0.5, 0.6) is 0 Å². The van der Waals surface area contributed by atoms with Crippen molar-refractivity contribution in [3.63, 3.8) is 0 Å². The smallest absolute Gasteiger partial charge is 0.251 e. The minimum atomic E-state index is -0.612. The van der Waals surface area contributed by atoms with Crippen LogP contribution in [0.3, 0.4) is 0 Å². The Balaban J connectivity index is 1.45. The van der Waals surface area contributed by atoms with Crippen molar-refractivity contribution in [1.29, 1.82) is 0 Å². The number of carbonyl (C=O) groups excluding carboxylic acids is 1. The largest absolute Gasteiger partial charge is 0.390 e. The summed E-state index contributed by atoms with van der Waals surface area (Å²) in [5, 5.41) is 14.9. The number of nitrogens with zero attached hydrogens (tertiary/aromatic N) is 2. The summed E-state index contributed by atoms with van der Waals surface area (Å²) < 4.78 is 0. The molecule has 4 rings (SSSR count). The molecule has 1 heterocycles. The van der Waals surface area contributed by atoms with Crippen LogP contribution < -0.4 is 11.1 Å². The highest BCUT2D eigenvalue weighted by Crippen LogP contribution is 2.28. The second kappa shape index (κ2) is 11.7. The topological polar surface area (TPSA) is 91.5 Å². The first-order valence-corrected chi connectivity index (χ1v) is 12.5. The van der Waals surface area contributed by atoms with Gasteiger partial charge in [-0.2, -0.15) is 0 Å². The number of aliphatic hydroxyl groups is 1. The summed E-state index contributed by atoms with van der Waals surface area (Å²) in [6.07, 6.45) is 3.51. The van der Waals surface area contributed by atoms with E-state index < -0.39 is 6.10 Å². The number of nitrogens with one attached hydrogen (secondary N) is 1. The highest BCUT2D eigenvalue weighted by Gasteiger charge is 2.17. The van der Waals surface area contributed by atoms with E-state index in [1.165, 1.54) is 12.8 Å². The number of likely N-dealkylation sites (N-methyl/N-ethyl adjacent to an activating group) is 1. The molecule has 36 heavy (non-hydrogen) atoms. The number of hydrogen-bond donors (Lipinski definition) is 3.